The standard InChI is InChI=1S/C14H31N5/c1-13(18-9-5-16(3)6-10-18)15-14(2)19-11-7-17(4)8-12-19/h13-15H,5-12H2,1-4H3. The van der Waals surface area contributed by atoms with E-state index in [4.69, 9.17) is 0 Å². The van der Waals surface area contributed by atoms with Crippen LogP contribution in [0.25, 0.3) is 0 Å². The highest BCUT2D eigenvalue weighted by molar-refractivity contribution is 4.78. The van der Waals surface area contributed by atoms with Crippen molar-refractivity contribution in [3.05, 3.63) is 0 Å². The molecule has 19 heavy (non-hydrogen) atoms. The summed E-state index contributed by atoms with van der Waals surface area (Å²) >= 11 is 0. The van der Waals surface area contributed by atoms with Crippen molar-refractivity contribution in [3.8, 4) is 0 Å². The molecule has 0 aromatic heterocycles. The fourth-order valence-electron chi connectivity index (χ4n) is 2.98. The van der Waals surface area contributed by atoms with E-state index in [9.17, 15) is 0 Å². The third-order valence-corrected chi connectivity index (χ3v) is 4.65. The topological polar surface area (TPSA) is 25.0 Å². The summed E-state index contributed by atoms with van der Waals surface area (Å²) in [6, 6.07) is 0. The van der Waals surface area contributed by atoms with Crippen LogP contribution in [0.5, 0.6) is 0 Å². The maximum absolute atomic E-state index is 3.76. The second kappa shape index (κ2) is 6.99. The van der Waals surface area contributed by atoms with Crippen molar-refractivity contribution in [2.75, 3.05) is 66.5 Å². The van der Waals surface area contributed by atoms with Gasteiger partial charge in [-0.3, -0.25) is 15.1 Å². The first kappa shape index (κ1) is 15.2. The van der Waals surface area contributed by atoms with Crippen LogP contribution in [0.15, 0.2) is 0 Å². The van der Waals surface area contributed by atoms with E-state index in [2.05, 4.69) is 52.9 Å². The lowest BCUT2D eigenvalue weighted by molar-refractivity contribution is 0.0518. The molecule has 2 atom stereocenters. The fraction of sp³-hybridized carbons (Fsp3) is 1.00. The molecule has 2 aliphatic heterocycles. The van der Waals surface area contributed by atoms with Gasteiger partial charge in [0.1, 0.15) is 0 Å². The van der Waals surface area contributed by atoms with Crippen molar-refractivity contribution in [3.63, 3.8) is 0 Å². The Hall–Kier alpha value is -0.200. The summed E-state index contributed by atoms with van der Waals surface area (Å²) in [7, 11) is 4.42. The van der Waals surface area contributed by atoms with Crippen molar-refractivity contribution in [1.29, 1.82) is 0 Å². The molecule has 0 aromatic rings. The maximum Gasteiger partial charge on any atom is 0.0580 e. The Kier molecular flexibility index (Phi) is 5.59. The minimum absolute atomic E-state index is 0.475. The lowest BCUT2D eigenvalue weighted by atomic mass is 10.2. The van der Waals surface area contributed by atoms with Gasteiger partial charge in [0.15, 0.2) is 0 Å². The number of hydrogen-bond donors (Lipinski definition) is 1. The van der Waals surface area contributed by atoms with Gasteiger partial charge in [0.2, 0.25) is 0 Å². The number of nitrogens with zero attached hydrogens (tertiary/aromatic N) is 4. The number of hydrogen-bond acceptors (Lipinski definition) is 5. The van der Waals surface area contributed by atoms with Gasteiger partial charge in [-0.1, -0.05) is 0 Å². The normalized spacial score (nSPS) is 28.4. The molecular formula is C14H31N5. The summed E-state index contributed by atoms with van der Waals surface area (Å²) in [5.74, 6) is 0. The average Bonchev–Trinajstić information content (AvgIpc) is 2.40. The van der Waals surface area contributed by atoms with Crippen molar-refractivity contribution in [1.82, 2.24) is 24.9 Å². The molecule has 2 unspecified atom stereocenters. The van der Waals surface area contributed by atoms with Gasteiger partial charge in [-0.25, -0.2) is 0 Å². The first-order valence-electron chi connectivity index (χ1n) is 7.67. The highest BCUT2D eigenvalue weighted by atomic mass is 15.4. The van der Waals surface area contributed by atoms with E-state index >= 15 is 0 Å². The monoisotopic (exact) mass is 269 g/mol. The minimum atomic E-state index is 0.475. The fourth-order valence-corrected chi connectivity index (χ4v) is 2.98. The van der Waals surface area contributed by atoms with Gasteiger partial charge in [0.25, 0.3) is 0 Å². The summed E-state index contributed by atoms with van der Waals surface area (Å²) in [5.41, 5.74) is 0. The predicted octanol–water partition coefficient (Wildman–Crippen LogP) is -0.237. The van der Waals surface area contributed by atoms with Gasteiger partial charge in [-0.2, -0.15) is 0 Å². The summed E-state index contributed by atoms with van der Waals surface area (Å²) in [4.78, 5) is 9.94. The SMILES string of the molecule is CC(NC(C)N1CCN(C)CC1)N1CCN(C)CC1. The molecule has 5 heteroatoms. The van der Waals surface area contributed by atoms with Crippen LogP contribution in [0.4, 0.5) is 0 Å². The quantitative estimate of drug-likeness (QED) is 0.760. The van der Waals surface area contributed by atoms with E-state index in [0.717, 1.165) is 0 Å². The molecule has 2 aliphatic rings. The molecule has 0 saturated carbocycles. The van der Waals surface area contributed by atoms with Crippen molar-refractivity contribution < 1.29 is 0 Å². The Morgan fingerprint density at radius 3 is 1.26 bits per heavy atom. The Balaban J connectivity index is 1.73. The van der Waals surface area contributed by atoms with Crippen molar-refractivity contribution in [2.24, 2.45) is 0 Å². The van der Waals surface area contributed by atoms with Gasteiger partial charge in [0.05, 0.1) is 12.3 Å². The van der Waals surface area contributed by atoms with E-state index in [1.54, 1.807) is 0 Å². The average molecular weight is 269 g/mol. The van der Waals surface area contributed by atoms with Crippen LogP contribution in [-0.4, -0.2) is 98.4 Å². The van der Waals surface area contributed by atoms with Crippen LogP contribution in [0.3, 0.4) is 0 Å². The van der Waals surface area contributed by atoms with Crippen molar-refractivity contribution >= 4 is 0 Å². The van der Waals surface area contributed by atoms with Gasteiger partial charge in [-0.05, 0) is 27.9 Å². The third kappa shape index (κ3) is 4.39. The Morgan fingerprint density at radius 1 is 0.632 bits per heavy atom. The molecule has 0 aliphatic carbocycles. The summed E-state index contributed by atoms with van der Waals surface area (Å²) in [6.45, 7) is 14.1. The largest absolute Gasteiger partial charge is 0.304 e. The van der Waals surface area contributed by atoms with Gasteiger partial charge in [0, 0.05) is 52.4 Å². The first-order valence-corrected chi connectivity index (χ1v) is 7.67. The number of likely N-dealkylation sites (N-methyl/N-ethyl adjacent to an activating group) is 2. The Labute approximate surface area is 118 Å². The number of piperazine rings is 2. The molecule has 2 saturated heterocycles. The van der Waals surface area contributed by atoms with E-state index in [0.29, 0.717) is 12.3 Å². The molecule has 2 heterocycles. The van der Waals surface area contributed by atoms with Crippen molar-refractivity contribution in [2.45, 2.75) is 26.2 Å². The second-order valence-corrected chi connectivity index (χ2v) is 6.20. The third-order valence-electron chi connectivity index (χ3n) is 4.65. The van der Waals surface area contributed by atoms with Crippen LogP contribution < -0.4 is 5.32 Å². The zero-order valence-corrected chi connectivity index (χ0v) is 13.1. The van der Waals surface area contributed by atoms with Crippen LogP contribution >= 0.6 is 0 Å². The Morgan fingerprint density at radius 2 is 0.947 bits per heavy atom. The molecule has 0 aromatic carbocycles. The summed E-state index contributed by atoms with van der Waals surface area (Å²) < 4.78 is 0. The van der Waals surface area contributed by atoms with E-state index < -0.39 is 0 Å². The first-order chi connectivity index (χ1) is 9.06. The zero-order valence-electron chi connectivity index (χ0n) is 13.1. The van der Waals surface area contributed by atoms with E-state index in [1.807, 2.05) is 0 Å². The molecular weight excluding hydrogens is 238 g/mol. The highest BCUT2D eigenvalue weighted by Crippen LogP contribution is 2.07. The molecule has 5 nitrogen and oxygen atoms in total. The molecule has 112 valence electrons. The molecule has 0 bridgehead atoms. The van der Waals surface area contributed by atoms with E-state index in [-0.39, 0.29) is 0 Å². The molecule has 0 radical (unpaired) electrons. The highest BCUT2D eigenvalue weighted by Gasteiger charge is 2.23. The minimum Gasteiger partial charge on any atom is -0.304 e. The van der Waals surface area contributed by atoms with E-state index in [1.165, 1.54) is 52.4 Å². The molecule has 0 spiro atoms. The van der Waals surface area contributed by atoms with Gasteiger partial charge >= 0.3 is 0 Å². The van der Waals surface area contributed by atoms with Gasteiger partial charge < -0.3 is 9.80 Å². The lowest BCUT2D eigenvalue weighted by Crippen LogP contribution is -2.59. The van der Waals surface area contributed by atoms with Gasteiger partial charge in [-0.15, -0.1) is 0 Å². The lowest BCUT2D eigenvalue weighted by Gasteiger charge is -2.41. The number of nitrogens with one attached hydrogen (secondary N) is 1. The maximum atomic E-state index is 3.76. The molecule has 0 amide bonds. The molecule has 2 rings (SSSR count). The predicted molar refractivity (Wildman–Crippen MR) is 80.2 cm³/mol. The van der Waals surface area contributed by atoms with Crippen LogP contribution in [0, 0.1) is 0 Å². The molecule has 1 N–H and O–H groups in total. The second-order valence-electron chi connectivity index (χ2n) is 6.20. The summed E-state index contributed by atoms with van der Waals surface area (Å²) in [5, 5.41) is 3.76. The van der Waals surface area contributed by atoms with Crippen LogP contribution in [0.2, 0.25) is 0 Å². The molecule has 2 fully saturated rings. The van der Waals surface area contributed by atoms with Crippen LogP contribution in [0.1, 0.15) is 13.8 Å². The summed E-state index contributed by atoms with van der Waals surface area (Å²) in [6.07, 6.45) is 0.951. The van der Waals surface area contributed by atoms with Crippen LogP contribution in [-0.2, 0) is 0 Å². The Bertz CT molecular complexity index is 231. The smallest absolute Gasteiger partial charge is 0.0580 e. The zero-order chi connectivity index (χ0) is 13.8. The number of rotatable bonds is 4.